The molecule has 5 rings (SSSR count). The fourth-order valence-electron chi connectivity index (χ4n) is 7.94. The van der Waals surface area contributed by atoms with Crippen molar-refractivity contribution in [2.75, 3.05) is 19.6 Å². The first-order valence-corrected chi connectivity index (χ1v) is 16.0. The predicted molar refractivity (Wildman–Crippen MR) is 174 cm³/mol. The van der Waals surface area contributed by atoms with Gasteiger partial charge in [-0.05, 0) is 81.9 Å². The maximum Gasteiger partial charge on any atom is 0.312 e. The van der Waals surface area contributed by atoms with Crippen LogP contribution in [0.4, 0.5) is 0 Å². The Balaban J connectivity index is 1.41. The van der Waals surface area contributed by atoms with Gasteiger partial charge in [-0.2, -0.15) is 0 Å². The maximum atomic E-state index is 13.4. The first kappa shape index (κ1) is 32.5. The molecule has 2 saturated heterocycles. The number of carboxylic acid groups (broad SMARTS) is 2. The average Bonchev–Trinajstić information content (AvgIpc) is 3.02. The summed E-state index contributed by atoms with van der Waals surface area (Å²) in [7, 11) is 0. The molecule has 0 amide bonds. The smallest absolute Gasteiger partial charge is 0.312 e. The van der Waals surface area contributed by atoms with Crippen LogP contribution in [-0.2, 0) is 15.0 Å². The lowest BCUT2D eigenvalue weighted by molar-refractivity contribution is -0.172. The Morgan fingerprint density at radius 2 is 1.48 bits per heavy atom. The summed E-state index contributed by atoms with van der Waals surface area (Å²) in [5.74, 6) is -3.30. The largest absolute Gasteiger partial charge is 0.481 e. The van der Waals surface area contributed by atoms with E-state index < -0.39 is 40.9 Å². The molecule has 3 aromatic rings. The van der Waals surface area contributed by atoms with Crippen molar-refractivity contribution in [3.63, 3.8) is 0 Å². The maximum absolute atomic E-state index is 13.4. The number of rotatable bonds is 9. The van der Waals surface area contributed by atoms with E-state index in [0.29, 0.717) is 18.5 Å². The van der Waals surface area contributed by atoms with Crippen LogP contribution in [0.1, 0.15) is 62.1 Å². The molecule has 0 bridgehead atoms. The summed E-state index contributed by atoms with van der Waals surface area (Å²) in [6.07, 6.45) is 1.67. The molecule has 0 spiro atoms. The number of piperidine rings is 2. The minimum Gasteiger partial charge on any atom is -0.481 e. The molecule has 0 aromatic heterocycles. The monoisotopic (exact) mass is 637 g/mol. The second-order valence-corrected chi connectivity index (χ2v) is 13.4. The van der Waals surface area contributed by atoms with Crippen LogP contribution >= 0.6 is 23.2 Å². The summed E-state index contributed by atoms with van der Waals surface area (Å²) in [6.45, 7) is 5.69. The summed E-state index contributed by atoms with van der Waals surface area (Å²) in [5.41, 5.74) is 6.18. The third-order valence-electron chi connectivity index (χ3n) is 10.5. The summed E-state index contributed by atoms with van der Waals surface area (Å²) in [4.78, 5) is 28.7. The van der Waals surface area contributed by atoms with Gasteiger partial charge >= 0.3 is 11.9 Å². The van der Waals surface area contributed by atoms with Crippen LogP contribution in [0, 0.1) is 10.8 Å². The number of carboxylic acids is 2. The summed E-state index contributed by atoms with van der Waals surface area (Å²) >= 11 is 13.1. The Labute approximate surface area is 269 Å². The van der Waals surface area contributed by atoms with Crippen molar-refractivity contribution in [1.29, 1.82) is 0 Å². The second kappa shape index (κ2) is 12.8. The third kappa shape index (κ3) is 5.43. The molecule has 0 saturated carbocycles. The number of benzene rings is 3. The van der Waals surface area contributed by atoms with Crippen LogP contribution in [0.2, 0.25) is 10.0 Å². The number of hydrogen-bond donors (Lipinski definition) is 4. The van der Waals surface area contributed by atoms with E-state index in [-0.39, 0.29) is 21.9 Å². The molecule has 2 heterocycles. The molecule has 2 fully saturated rings. The highest BCUT2D eigenvalue weighted by molar-refractivity contribution is 6.42. The molecule has 9 heteroatoms. The van der Waals surface area contributed by atoms with E-state index in [9.17, 15) is 19.8 Å². The molecule has 234 valence electrons. The zero-order chi connectivity index (χ0) is 31.7. The zero-order valence-corrected chi connectivity index (χ0v) is 26.7. The van der Waals surface area contributed by atoms with Gasteiger partial charge in [0.1, 0.15) is 5.41 Å². The van der Waals surface area contributed by atoms with E-state index in [1.165, 1.54) is 18.1 Å². The average molecular weight is 639 g/mol. The summed E-state index contributed by atoms with van der Waals surface area (Å²) < 4.78 is 0. The van der Waals surface area contributed by atoms with Gasteiger partial charge in [0.25, 0.3) is 0 Å². The summed E-state index contributed by atoms with van der Waals surface area (Å²) in [6, 6.07) is 25.6. The van der Waals surface area contributed by atoms with Gasteiger partial charge in [0, 0.05) is 17.4 Å². The van der Waals surface area contributed by atoms with E-state index in [4.69, 9.17) is 28.9 Å². The Morgan fingerprint density at radius 3 is 2.00 bits per heavy atom. The van der Waals surface area contributed by atoms with Gasteiger partial charge in [0.05, 0.1) is 21.6 Å². The van der Waals surface area contributed by atoms with Crippen LogP contribution in [0.25, 0.3) is 0 Å². The first-order chi connectivity index (χ1) is 21.0. The molecular weight excluding hydrogens is 597 g/mol. The fourth-order valence-corrected chi connectivity index (χ4v) is 8.36. The van der Waals surface area contributed by atoms with Crippen LogP contribution < -0.4 is 11.1 Å². The van der Waals surface area contributed by atoms with Crippen molar-refractivity contribution in [1.82, 2.24) is 10.2 Å². The fraction of sp³-hybridized carbons (Fsp3) is 0.429. The standard InChI is InChI=1S/C35H41Cl2N3O4/c1-23-35(32(43)44,29(26-15-9-16-27(36)28(26)37)33(2,31(41)42)30(38)39-23)17-10-20-40-21-18-34(19-22-40,24-11-5-3-6-12-24)25-13-7-4-8-14-25/h3-9,11-16,23,29-30,39H,10,17-22,38H2,1-2H3,(H,41,42)(H,43,44)/t23?,29?,30-,33?,35?/m1/s1. The van der Waals surface area contributed by atoms with Gasteiger partial charge in [-0.3, -0.25) is 14.9 Å². The van der Waals surface area contributed by atoms with Crippen molar-refractivity contribution < 1.29 is 19.8 Å². The van der Waals surface area contributed by atoms with E-state index in [2.05, 4.69) is 58.7 Å². The number of nitrogens with two attached hydrogens (primary N) is 1. The van der Waals surface area contributed by atoms with Crippen molar-refractivity contribution in [2.24, 2.45) is 16.6 Å². The quantitative estimate of drug-likeness (QED) is 0.215. The van der Waals surface area contributed by atoms with Crippen molar-refractivity contribution in [3.8, 4) is 0 Å². The molecule has 44 heavy (non-hydrogen) atoms. The number of nitrogens with zero attached hydrogens (tertiary/aromatic N) is 1. The molecule has 0 aliphatic carbocycles. The van der Waals surface area contributed by atoms with Gasteiger partial charge in [-0.15, -0.1) is 0 Å². The Morgan fingerprint density at radius 1 is 0.909 bits per heavy atom. The minimum absolute atomic E-state index is 0.0863. The highest BCUT2D eigenvalue weighted by atomic mass is 35.5. The molecule has 2 aliphatic heterocycles. The van der Waals surface area contributed by atoms with Gasteiger partial charge in [0.2, 0.25) is 0 Å². The number of halogens is 2. The van der Waals surface area contributed by atoms with Crippen molar-refractivity contribution in [2.45, 2.75) is 63.1 Å². The molecule has 5 N–H and O–H groups in total. The zero-order valence-electron chi connectivity index (χ0n) is 25.2. The van der Waals surface area contributed by atoms with E-state index in [1.54, 1.807) is 25.1 Å². The number of nitrogens with one attached hydrogen (secondary N) is 1. The topological polar surface area (TPSA) is 116 Å². The molecule has 2 aliphatic rings. The second-order valence-electron chi connectivity index (χ2n) is 12.6. The summed E-state index contributed by atoms with van der Waals surface area (Å²) in [5, 5.41) is 25.0. The number of aliphatic carboxylic acids is 2. The molecular formula is C35H41Cl2N3O4. The lowest BCUT2D eigenvalue weighted by Crippen LogP contribution is -2.72. The van der Waals surface area contributed by atoms with Gasteiger partial charge in [-0.25, -0.2) is 0 Å². The Bertz CT molecular complexity index is 1440. The highest BCUT2D eigenvalue weighted by Gasteiger charge is 2.65. The molecule has 0 radical (unpaired) electrons. The van der Waals surface area contributed by atoms with Gasteiger partial charge < -0.3 is 20.8 Å². The number of carbonyl (C=O) groups is 2. The third-order valence-corrected chi connectivity index (χ3v) is 11.4. The molecule has 3 aromatic carbocycles. The Hall–Kier alpha value is -2.94. The normalized spacial score (nSPS) is 28.8. The number of likely N-dealkylation sites (tertiary alicyclic amines) is 1. The lowest BCUT2D eigenvalue weighted by Gasteiger charge is -2.56. The number of hydrogen-bond acceptors (Lipinski definition) is 5. The van der Waals surface area contributed by atoms with Crippen LogP contribution in [0.5, 0.6) is 0 Å². The van der Waals surface area contributed by atoms with Crippen LogP contribution in [0.3, 0.4) is 0 Å². The van der Waals surface area contributed by atoms with Gasteiger partial charge in [-0.1, -0.05) is 96.0 Å². The highest BCUT2D eigenvalue weighted by Crippen LogP contribution is 2.58. The lowest BCUT2D eigenvalue weighted by atomic mass is 9.52. The minimum atomic E-state index is -1.67. The van der Waals surface area contributed by atoms with Crippen LogP contribution in [-0.4, -0.2) is 58.9 Å². The van der Waals surface area contributed by atoms with Crippen LogP contribution in [0.15, 0.2) is 78.9 Å². The van der Waals surface area contributed by atoms with E-state index in [0.717, 1.165) is 25.9 Å². The van der Waals surface area contributed by atoms with Crippen molar-refractivity contribution in [3.05, 3.63) is 106 Å². The molecule has 7 nitrogen and oxygen atoms in total. The van der Waals surface area contributed by atoms with Gasteiger partial charge in [0.15, 0.2) is 0 Å². The molecule has 4 unspecified atom stereocenters. The molecule has 5 atom stereocenters. The van der Waals surface area contributed by atoms with E-state index >= 15 is 0 Å². The predicted octanol–water partition coefficient (Wildman–Crippen LogP) is 6.38. The SMILES string of the molecule is CC1N[C@@H](N)C(C)(C(=O)O)C(c2cccc(Cl)c2Cl)C1(CCCN1CCC(c2ccccc2)(c2ccccc2)CC1)C(=O)O. The Kier molecular flexibility index (Phi) is 9.45. The van der Waals surface area contributed by atoms with Crippen molar-refractivity contribution >= 4 is 35.1 Å². The first-order valence-electron chi connectivity index (χ1n) is 15.2. The van der Waals surface area contributed by atoms with E-state index in [1.807, 2.05) is 12.1 Å².